The number of hydrogen-bond donors (Lipinski definition) is 0. The zero-order valence-corrected chi connectivity index (χ0v) is 11.0. The van der Waals surface area contributed by atoms with Gasteiger partial charge in [0.15, 0.2) is 0 Å². The van der Waals surface area contributed by atoms with Gasteiger partial charge in [-0.05, 0) is 37.3 Å². The molecule has 0 aliphatic heterocycles. The summed E-state index contributed by atoms with van der Waals surface area (Å²) in [6.07, 6.45) is 12.7. The molecule has 0 nitrogen and oxygen atoms in total. The Morgan fingerprint density at radius 2 is 2.00 bits per heavy atom. The lowest BCUT2D eigenvalue weighted by Gasteiger charge is -2.00. The molecule has 0 aliphatic rings. The first-order chi connectivity index (χ1) is 6.70. The average molecular weight is 233 g/mol. The van der Waals surface area contributed by atoms with E-state index in [0.29, 0.717) is 0 Å². The number of thioether (sulfide) groups is 1. The van der Waals surface area contributed by atoms with Crippen molar-refractivity contribution < 1.29 is 0 Å². The van der Waals surface area contributed by atoms with Crippen molar-refractivity contribution in [3.05, 3.63) is 22.1 Å². The van der Waals surface area contributed by atoms with E-state index in [2.05, 4.69) is 25.3 Å². The van der Waals surface area contributed by atoms with Gasteiger partial charge in [0.25, 0.3) is 0 Å². The smallest absolute Gasteiger partial charge is 0.0113 e. The first-order valence-electron chi connectivity index (χ1n) is 5.26. The highest BCUT2D eigenvalue weighted by Gasteiger charge is 1.93. The monoisotopic (exact) mass is 232 g/mol. The van der Waals surface area contributed by atoms with E-state index >= 15 is 0 Å². The Bertz CT molecular complexity index is 190. The summed E-state index contributed by atoms with van der Waals surface area (Å²) in [5.41, 5.74) is 0. The maximum absolute atomic E-state index is 5.79. The van der Waals surface area contributed by atoms with Crippen LogP contribution < -0.4 is 0 Å². The molecule has 0 bridgehead atoms. The molecule has 0 saturated heterocycles. The Morgan fingerprint density at radius 3 is 2.50 bits per heavy atom. The summed E-state index contributed by atoms with van der Waals surface area (Å²) in [5.74, 6) is 0. The summed E-state index contributed by atoms with van der Waals surface area (Å²) in [6, 6.07) is 0. The fourth-order valence-corrected chi connectivity index (χ4v) is 1.76. The van der Waals surface area contributed by atoms with Gasteiger partial charge in [0.05, 0.1) is 0 Å². The lowest BCUT2D eigenvalue weighted by atomic mass is 10.2. The molecule has 0 aromatic rings. The van der Waals surface area contributed by atoms with E-state index in [4.69, 9.17) is 11.6 Å². The van der Waals surface area contributed by atoms with Crippen LogP contribution in [0, 0.1) is 0 Å². The van der Waals surface area contributed by atoms with Gasteiger partial charge in [-0.15, -0.1) is 11.8 Å². The maximum atomic E-state index is 5.79. The average Bonchev–Trinajstić information content (AvgIpc) is 2.16. The van der Waals surface area contributed by atoms with Gasteiger partial charge in [0.1, 0.15) is 0 Å². The molecule has 0 saturated carbocycles. The molecule has 0 aromatic carbocycles. The molecule has 82 valence electrons. The van der Waals surface area contributed by atoms with Crippen LogP contribution >= 0.6 is 23.4 Å². The van der Waals surface area contributed by atoms with Crippen LogP contribution in [-0.2, 0) is 0 Å². The molecule has 2 heteroatoms. The van der Waals surface area contributed by atoms with Crippen molar-refractivity contribution in [1.82, 2.24) is 0 Å². The van der Waals surface area contributed by atoms with Crippen LogP contribution in [0.1, 0.15) is 46.0 Å². The summed E-state index contributed by atoms with van der Waals surface area (Å²) < 4.78 is 0. The summed E-state index contributed by atoms with van der Waals surface area (Å²) >= 11 is 7.62. The van der Waals surface area contributed by atoms with Crippen LogP contribution in [0.2, 0.25) is 0 Å². The molecule has 0 N–H and O–H groups in total. The fraction of sp³-hybridized carbons (Fsp3) is 0.667. The van der Waals surface area contributed by atoms with Crippen molar-refractivity contribution in [2.45, 2.75) is 46.0 Å². The molecule has 0 heterocycles. The van der Waals surface area contributed by atoms with Crippen LogP contribution in [-0.4, -0.2) is 6.26 Å². The number of halogens is 1. The fourth-order valence-electron chi connectivity index (χ4n) is 1.15. The minimum Gasteiger partial charge on any atom is -0.134 e. The van der Waals surface area contributed by atoms with Crippen LogP contribution in [0.15, 0.2) is 22.1 Å². The van der Waals surface area contributed by atoms with Gasteiger partial charge in [-0.3, -0.25) is 0 Å². The largest absolute Gasteiger partial charge is 0.134 e. The summed E-state index contributed by atoms with van der Waals surface area (Å²) in [7, 11) is 0. The van der Waals surface area contributed by atoms with Crippen molar-refractivity contribution in [3.63, 3.8) is 0 Å². The van der Waals surface area contributed by atoms with Gasteiger partial charge in [-0.1, -0.05) is 43.5 Å². The molecule has 0 amide bonds. The van der Waals surface area contributed by atoms with Crippen molar-refractivity contribution >= 4 is 23.4 Å². The highest BCUT2D eigenvalue weighted by atomic mass is 35.5. The second kappa shape index (κ2) is 9.67. The second-order valence-corrected chi connectivity index (χ2v) is 4.89. The van der Waals surface area contributed by atoms with Gasteiger partial charge < -0.3 is 0 Å². The van der Waals surface area contributed by atoms with Crippen LogP contribution in [0.4, 0.5) is 0 Å². The summed E-state index contributed by atoms with van der Waals surface area (Å²) in [5, 5.41) is 0.888. The van der Waals surface area contributed by atoms with Gasteiger partial charge >= 0.3 is 0 Å². The number of allylic oxidation sites excluding steroid dienone is 4. The quantitative estimate of drug-likeness (QED) is 0.534. The third-order valence-corrected chi connectivity index (χ3v) is 3.04. The Kier molecular flexibility index (Phi) is 9.75. The Labute approximate surface area is 97.8 Å². The molecule has 0 radical (unpaired) electrons. The predicted molar refractivity (Wildman–Crippen MR) is 70.0 cm³/mol. The van der Waals surface area contributed by atoms with E-state index in [9.17, 15) is 0 Å². The van der Waals surface area contributed by atoms with Crippen molar-refractivity contribution in [1.29, 1.82) is 0 Å². The van der Waals surface area contributed by atoms with Crippen LogP contribution in [0.3, 0.4) is 0 Å². The SMILES string of the molecule is CCCCC/C=C(/C/C=C(\C)Cl)SC. The normalized spacial score (nSPS) is 13.4. The van der Waals surface area contributed by atoms with E-state index in [1.165, 1.54) is 30.6 Å². The van der Waals surface area contributed by atoms with Crippen molar-refractivity contribution in [2.24, 2.45) is 0 Å². The van der Waals surface area contributed by atoms with Gasteiger partial charge in [0, 0.05) is 5.03 Å². The van der Waals surface area contributed by atoms with Crippen molar-refractivity contribution in [2.75, 3.05) is 6.26 Å². The summed E-state index contributed by atoms with van der Waals surface area (Å²) in [6.45, 7) is 4.16. The number of rotatable bonds is 7. The zero-order chi connectivity index (χ0) is 10.8. The van der Waals surface area contributed by atoms with Crippen LogP contribution in [0.5, 0.6) is 0 Å². The molecular weight excluding hydrogens is 212 g/mol. The van der Waals surface area contributed by atoms with Crippen molar-refractivity contribution in [3.8, 4) is 0 Å². The highest BCUT2D eigenvalue weighted by molar-refractivity contribution is 8.02. The number of unbranched alkanes of at least 4 members (excludes halogenated alkanes) is 3. The molecule has 0 unspecified atom stereocenters. The molecular formula is C12H21ClS. The molecule has 14 heavy (non-hydrogen) atoms. The predicted octanol–water partition coefficient (Wildman–Crippen LogP) is 5.35. The maximum Gasteiger partial charge on any atom is 0.0113 e. The molecule has 0 aliphatic carbocycles. The Hall–Kier alpha value is 0.120. The minimum absolute atomic E-state index is 0.888. The Balaban J connectivity index is 3.81. The molecule has 0 spiro atoms. The van der Waals surface area contributed by atoms with E-state index < -0.39 is 0 Å². The topological polar surface area (TPSA) is 0 Å². The standard InChI is InChI=1S/C12H21ClS/c1-4-5-6-7-8-12(14-3)10-9-11(2)13/h8-9H,4-7,10H2,1-3H3/b11-9+,12-8-. The van der Waals surface area contributed by atoms with E-state index in [1.807, 2.05) is 18.7 Å². The highest BCUT2D eigenvalue weighted by Crippen LogP contribution is 2.19. The van der Waals surface area contributed by atoms with Gasteiger partial charge in [0.2, 0.25) is 0 Å². The van der Waals surface area contributed by atoms with Crippen LogP contribution in [0.25, 0.3) is 0 Å². The summed E-state index contributed by atoms with van der Waals surface area (Å²) in [4.78, 5) is 1.43. The lowest BCUT2D eigenvalue weighted by molar-refractivity contribution is 0.728. The third-order valence-electron chi connectivity index (χ3n) is 2.03. The molecule has 0 atom stereocenters. The van der Waals surface area contributed by atoms with Gasteiger partial charge in [-0.25, -0.2) is 0 Å². The van der Waals surface area contributed by atoms with E-state index in [0.717, 1.165) is 11.5 Å². The first-order valence-corrected chi connectivity index (χ1v) is 6.86. The van der Waals surface area contributed by atoms with Gasteiger partial charge in [-0.2, -0.15) is 0 Å². The Morgan fingerprint density at radius 1 is 1.29 bits per heavy atom. The number of hydrogen-bond acceptors (Lipinski definition) is 1. The van der Waals surface area contributed by atoms with E-state index in [1.54, 1.807) is 0 Å². The molecule has 0 aromatic heterocycles. The molecule has 0 rings (SSSR count). The van der Waals surface area contributed by atoms with E-state index in [-0.39, 0.29) is 0 Å². The second-order valence-electron chi connectivity index (χ2n) is 3.37. The zero-order valence-electron chi connectivity index (χ0n) is 9.48. The minimum atomic E-state index is 0.888. The third kappa shape index (κ3) is 8.71. The molecule has 0 fully saturated rings. The first kappa shape index (κ1) is 14.1. The lowest BCUT2D eigenvalue weighted by Crippen LogP contribution is -1.77.